The Hall–Kier alpha value is -1.43. The van der Waals surface area contributed by atoms with Crippen LogP contribution in [0.25, 0.3) is 0 Å². The van der Waals surface area contributed by atoms with Gasteiger partial charge in [-0.25, -0.2) is 0 Å². The van der Waals surface area contributed by atoms with Gasteiger partial charge >= 0.3 is 8.26 Å². The maximum Gasteiger partial charge on any atom is 0.317 e. The van der Waals surface area contributed by atoms with E-state index in [2.05, 4.69) is 57.9 Å². The molecule has 120 valence electrons. The topological polar surface area (TPSA) is 55.4 Å². The monoisotopic (exact) mass is 361 g/mol. The molecule has 0 bridgehead atoms. The number of aryl methyl sites for hydroxylation is 1. The van der Waals surface area contributed by atoms with E-state index in [1.165, 1.54) is 5.56 Å². The highest BCUT2D eigenvalue weighted by atomic mass is 36.0. The number of hydrogen-bond acceptors (Lipinski definition) is 4. The fourth-order valence-electron chi connectivity index (χ4n) is 1.64. The molecule has 0 aliphatic carbocycles. The number of hydrogen-bond donors (Lipinski definition) is 1. The van der Waals surface area contributed by atoms with Gasteiger partial charge in [0.1, 0.15) is 12.4 Å². The van der Waals surface area contributed by atoms with Crippen LogP contribution in [-0.4, -0.2) is 21.6 Å². The Morgan fingerprint density at radius 3 is 2.27 bits per heavy atom. The number of nitrogens with one attached hydrogen (secondary N) is 1. The van der Waals surface area contributed by atoms with E-state index in [9.17, 15) is 0 Å². The average Bonchev–Trinajstić information content (AvgIpc) is 2.43. The molecular weight excluding hydrogens is 345 g/mol. The van der Waals surface area contributed by atoms with Gasteiger partial charge < -0.3 is 10.1 Å². The van der Waals surface area contributed by atoms with Gasteiger partial charge in [-0.3, -0.25) is 0 Å². The van der Waals surface area contributed by atoms with E-state index in [0.717, 1.165) is 18.0 Å². The summed E-state index contributed by atoms with van der Waals surface area (Å²) in [6.07, 6.45) is 0. The molecule has 0 fully saturated rings. The summed E-state index contributed by atoms with van der Waals surface area (Å²) in [5, 5.41) is 3.33. The minimum absolute atomic E-state index is 0.665. The molecule has 0 radical (unpaired) electrons. The number of ether oxygens (including phenoxy) is 1. The second kappa shape index (κ2) is 9.56. The van der Waals surface area contributed by atoms with E-state index >= 15 is 0 Å². The molecule has 2 aromatic carbocycles. The van der Waals surface area contributed by atoms with Crippen LogP contribution in [-0.2, 0) is 8.26 Å². The largest absolute Gasteiger partial charge is 0.492 e. The Morgan fingerprint density at radius 1 is 1.05 bits per heavy atom. The normalized spacial score (nSPS) is 10.3. The molecule has 22 heavy (non-hydrogen) atoms. The van der Waals surface area contributed by atoms with Crippen molar-refractivity contribution in [2.45, 2.75) is 6.92 Å². The molecule has 0 unspecified atom stereocenters. The molecule has 2 rings (SSSR count). The van der Waals surface area contributed by atoms with Crippen LogP contribution in [0.4, 0.5) is 5.69 Å². The first-order valence-electron chi connectivity index (χ1n) is 6.47. The number of rotatable bonds is 5. The number of halogens is 2. The highest BCUT2D eigenvalue weighted by Crippen LogP contribution is 2.10. The Balaban J connectivity index is 0.000000422. The van der Waals surface area contributed by atoms with Crippen molar-refractivity contribution in [3.05, 3.63) is 60.2 Å². The quantitative estimate of drug-likeness (QED) is 0.640. The van der Waals surface area contributed by atoms with Crippen LogP contribution in [0.1, 0.15) is 5.56 Å². The van der Waals surface area contributed by atoms with Gasteiger partial charge in [-0.15, -0.1) is 0 Å². The Bertz CT molecular complexity index is 655. The van der Waals surface area contributed by atoms with E-state index < -0.39 is 8.26 Å². The van der Waals surface area contributed by atoms with Crippen LogP contribution in [0.2, 0.25) is 0 Å². The zero-order chi connectivity index (χ0) is 16.4. The smallest absolute Gasteiger partial charge is 0.317 e. The molecule has 4 nitrogen and oxygen atoms in total. The first-order valence-corrected chi connectivity index (χ1v) is 9.61. The van der Waals surface area contributed by atoms with Crippen molar-refractivity contribution in [3.8, 4) is 5.75 Å². The van der Waals surface area contributed by atoms with Crippen LogP contribution in [0.15, 0.2) is 54.6 Å². The Kier molecular flexibility index (Phi) is 8.09. The van der Waals surface area contributed by atoms with Crippen LogP contribution in [0.5, 0.6) is 5.75 Å². The van der Waals surface area contributed by atoms with Gasteiger partial charge in [0.05, 0.1) is 0 Å². The Labute approximate surface area is 139 Å². The van der Waals surface area contributed by atoms with E-state index in [0.29, 0.717) is 6.61 Å². The standard InChI is InChI=1S/C15H17NO.Cl2O2S/c1-13-6-5-7-14(12-13)16-10-11-17-15-8-3-2-4-9-15;1-5(2,3)4/h2-9,12,16H,10-11H2,1H3;. The predicted molar refractivity (Wildman–Crippen MR) is 92.2 cm³/mol. The number of para-hydroxylation sites is 1. The van der Waals surface area contributed by atoms with Crippen molar-refractivity contribution in [1.82, 2.24) is 0 Å². The summed E-state index contributed by atoms with van der Waals surface area (Å²) in [5.41, 5.74) is 2.40. The second-order valence-corrected chi connectivity index (χ2v) is 8.00. The second-order valence-electron chi connectivity index (χ2n) is 4.34. The maximum atomic E-state index is 9.16. The third kappa shape index (κ3) is 10.3. The van der Waals surface area contributed by atoms with E-state index in [-0.39, 0.29) is 0 Å². The van der Waals surface area contributed by atoms with Gasteiger partial charge in [-0.2, -0.15) is 8.42 Å². The van der Waals surface area contributed by atoms with Crippen molar-refractivity contribution in [3.63, 3.8) is 0 Å². The highest BCUT2D eigenvalue weighted by molar-refractivity contribution is 8.31. The van der Waals surface area contributed by atoms with E-state index in [1.54, 1.807) is 0 Å². The average molecular weight is 362 g/mol. The fraction of sp³-hybridized carbons (Fsp3) is 0.200. The summed E-state index contributed by atoms with van der Waals surface area (Å²) < 4.78 is 23.9. The predicted octanol–water partition coefficient (Wildman–Crippen LogP) is 4.19. The Morgan fingerprint density at radius 2 is 1.68 bits per heavy atom. The van der Waals surface area contributed by atoms with Crippen molar-refractivity contribution >= 4 is 35.3 Å². The van der Waals surface area contributed by atoms with Gasteiger partial charge in [0.2, 0.25) is 0 Å². The van der Waals surface area contributed by atoms with Crippen LogP contribution >= 0.6 is 21.4 Å². The van der Waals surface area contributed by atoms with Crippen molar-refractivity contribution in [2.75, 3.05) is 18.5 Å². The summed E-state index contributed by atoms with van der Waals surface area (Å²) in [5.74, 6) is 0.915. The molecule has 1 N–H and O–H groups in total. The van der Waals surface area contributed by atoms with Crippen molar-refractivity contribution < 1.29 is 13.2 Å². The molecule has 0 aromatic heterocycles. The molecule has 0 amide bonds. The van der Waals surface area contributed by atoms with E-state index in [4.69, 9.17) is 13.2 Å². The van der Waals surface area contributed by atoms with E-state index in [1.807, 2.05) is 30.3 Å². The molecule has 0 aliphatic rings. The molecular formula is C15H17Cl2NO3S. The van der Waals surface area contributed by atoms with Gasteiger partial charge in [0.25, 0.3) is 0 Å². The zero-order valence-electron chi connectivity index (χ0n) is 12.0. The number of benzene rings is 2. The van der Waals surface area contributed by atoms with Crippen LogP contribution < -0.4 is 10.1 Å². The first kappa shape index (κ1) is 18.6. The summed E-state index contributed by atoms with van der Waals surface area (Å²) in [7, 11) is 4.81. The van der Waals surface area contributed by atoms with Crippen molar-refractivity contribution in [2.24, 2.45) is 0 Å². The van der Waals surface area contributed by atoms with Crippen molar-refractivity contribution in [1.29, 1.82) is 0 Å². The third-order valence-electron chi connectivity index (χ3n) is 2.46. The minimum Gasteiger partial charge on any atom is -0.492 e. The SMILES string of the molecule is Cc1cccc(NCCOc2ccccc2)c1.O=S(=O)(Cl)Cl. The molecule has 2 aromatic rings. The lowest BCUT2D eigenvalue weighted by atomic mass is 10.2. The molecule has 0 heterocycles. The van der Waals surface area contributed by atoms with Gasteiger partial charge in [0, 0.05) is 33.6 Å². The van der Waals surface area contributed by atoms with Gasteiger partial charge in [0.15, 0.2) is 0 Å². The molecule has 0 spiro atoms. The lowest BCUT2D eigenvalue weighted by Crippen LogP contribution is -2.11. The lowest BCUT2D eigenvalue weighted by Gasteiger charge is -2.08. The summed E-state index contributed by atoms with van der Waals surface area (Å²) >= 11 is 0. The minimum atomic E-state index is -3.72. The lowest BCUT2D eigenvalue weighted by molar-refractivity contribution is 0.333. The first-order chi connectivity index (χ1) is 10.3. The number of anilines is 1. The van der Waals surface area contributed by atoms with Gasteiger partial charge in [-0.05, 0) is 36.8 Å². The molecule has 0 saturated carbocycles. The molecule has 0 aliphatic heterocycles. The maximum absolute atomic E-state index is 9.16. The van der Waals surface area contributed by atoms with Crippen LogP contribution in [0.3, 0.4) is 0 Å². The zero-order valence-corrected chi connectivity index (χ0v) is 14.3. The van der Waals surface area contributed by atoms with Gasteiger partial charge in [-0.1, -0.05) is 30.3 Å². The molecule has 0 atom stereocenters. The molecule has 0 saturated heterocycles. The van der Waals surface area contributed by atoms with Crippen LogP contribution in [0, 0.1) is 6.92 Å². The third-order valence-corrected chi connectivity index (χ3v) is 2.46. The molecule has 7 heteroatoms. The summed E-state index contributed by atoms with van der Waals surface area (Å²) in [6, 6.07) is 18.2. The summed E-state index contributed by atoms with van der Waals surface area (Å²) in [4.78, 5) is 0. The summed E-state index contributed by atoms with van der Waals surface area (Å²) in [6.45, 7) is 3.56. The fourth-order valence-corrected chi connectivity index (χ4v) is 1.64. The highest BCUT2D eigenvalue weighted by Gasteiger charge is 1.93.